The molecule has 1 unspecified atom stereocenters. The molecule has 110 valence electrons. The predicted molar refractivity (Wildman–Crippen MR) is 65.6 cm³/mol. The summed E-state index contributed by atoms with van der Waals surface area (Å²) in [4.78, 5) is 11.7. The van der Waals surface area contributed by atoms with E-state index in [9.17, 15) is 22.4 Å². The molecule has 0 spiro atoms. The Hall–Kier alpha value is -1.63. The Labute approximate surface area is 113 Å². The maximum Gasteiger partial charge on any atom is 0.416 e. The standard InChI is InChI=1S/C13H14F4N2O/c14-10-2-1-9(13(15,16)17)6-11(10)19-12(20)5-8-3-4-18-7-8/h1-2,6,8,18H,3-5,7H2,(H,19,20). The van der Waals surface area contributed by atoms with Crippen molar-refractivity contribution in [3.8, 4) is 0 Å². The van der Waals surface area contributed by atoms with Crippen LogP contribution in [0.15, 0.2) is 18.2 Å². The van der Waals surface area contributed by atoms with Crippen LogP contribution in [0.2, 0.25) is 0 Å². The van der Waals surface area contributed by atoms with Gasteiger partial charge < -0.3 is 10.6 Å². The molecule has 1 aliphatic heterocycles. The van der Waals surface area contributed by atoms with Crippen LogP contribution in [0.25, 0.3) is 0 Å². The number of anilines is 1. The van der Waals surface area contributed by atoms with Crippen LogP contribution in [0.3, 0.4) is 0 Å². The lowest BCUT2D eigenvalue weighted by Crippen LogP contribution is -2.19. The first-order valence-corrected chi connectivity index (χ1v) is 6.23. The topological polar surface area (TPSA) is 41.1 Å². The molecule has 0 radical (unpaired) electrons. The number of rotatable bonds is 3. The summed E-state index contributed by atoms with van der Waals surface area (Å²) in [6.07, 6.45) is -3.57. The van der Waals surface area contributed by atoms with Gasteiger partial charge in [0.05, 0.1) is 11.3 Å². The van der Waals surface area contributed by atoms with Crippen molar-refractivity contribution in [2.75, 3.05) is 18.4 Å². The first kappa shape index (κ1) is 14.8. The summed E-state index contributed by atoms with van der Waals surface area (Å²) < 4.78 is 51.0. The molecule has 1 aromatic rings. The maximum atomic E-state index is 13.4. The minimum Gasteiger partial charge on any atom is -0.324 e. The molecule has 1 fully saturated rings. The second-order valence-electron chi connectivity index (χ2n) is 4.80. The van der Waals surface area contributed by atoms with Crippen LogP contribution in [0, 0.1) is 11.7 Å². The Morgan fingerprint density at radius 2 is 2.15 bits per heavy atom. The third kappa shape index (κ3) is 3.69. The van der Waals surface area contributed by atoms with Gasteiger partial charge in [-0.05, 0) is 43.6 Å². The van der Waals surface area contributed by atoms with E-state index in [1.807, 2.05) is 0 Å². The summed E-state index contributed by atoms with van der Waals surface area (Å²) in [5.74, 6) is -1.21. The van der Waals surface area contributed by atoms with Gasteiger partial charge in [0.2, 0.25) is 5.91 Å². The molecule has 2 N–H and O–H groups in total. The fourth-order valence-corrected chi connectivity index (χ4v) is 2.15. The lowest BCUT2D eigenvalue weighted by molar-refractivity contribution is -0.137. The lowest BCUT2D eigenvalue weighted by atomic mass is 10.0. The van der Waals surface area contributed by atoms with Crippen molar-refractivity contribution in [3.63, 3.8) is 0 Å². The van der Waals surface area contributed by atoms with Crippen molar-refractivity contribution in [3.05, 3.63) is 29.6 Å². The fourth-order valence-electron chi connectivity index (χ4n) is 2.15. The number of hydrogen-bond donors (Lipinski definition) is 2. The van der Waals surface area contributed by atoms with E-state index in [-0.39, 0.29) is 12.3 Å². The van der Waals surface area contributed by atoms with Gasteiger partial charge in [-0.2, -0.15) is 13.2 Å². The molecule has 1 amide bonds. The molecule has 0 aromatic heterocycles. The summed E-state index contributed by atoms with van der Waals surface area (Å²) in [5.41, 5.74) is -1.42. The summed E-state index contributed by atoms with van der Waals surface area (Å²) in [6.45, 7) is 1.51. The number of benzene rings is 1. The monoisotopic (exact) mass is 290 g/mol. The molecule has 1 aromatic carbocycles. The number of halogens is 4. The molecule has 20 heavy (non-hydrogen) atoms. The number of carbonyl (C=O) groups is 1. The van der Waals surface area contributed by atoms with Gasteiger partial charge in [-0.25, -0.2) is 4.39 Å². The second-order valence-corrected chi connectivity index (χ2v) is 4.80. The van der Waals surface area contributed by atoms with Gasteiger partial charge in [-0.15, -0.1) is 0 Å². The van der Waals surface area contributed by atoms with E-state index in [2.05, 4.69) is 10.6 Å². The highest BCUT2D eigenvalue weighted by atomic mass is 19.4. The summed E-state index contributed by atoms with van der Waals surface area (Å²) in [6, 6.07) is 1.96. The molecule has 1 heterocycles. The zero-order valence-electron chi connectivity index (χ0n) is 10.6. The van der Waals surface area contributed by atoms with Crippen LogP contribution < -0.4 is 10.6 Å². The van der Waals surface area contributed by atoms with Gasteiger partial charge in [-0.3, -0.25) is 4.79 Å². The van der Waals surface area contributed by atoms with Crippen LogP contribution in [0.5, 0.6) is 0 Å². The first-order chi connectivity index (χ1) is 9.36. The number of nitrogens with one attached hydrogen (secondary N) is 2. The van der Waals surface area contributed by atoms with E-state index in [0.29, 0.717) is 24.7 Å². The van der Waals surface area contributed by atoms with Crippen molar-refractivity contribution in [2.45, 2.75) is 19.0 Å². The molecule has 3 nitrogen and oxygen atoms in total. The molecular weight excluding hydrogens is 276 g/mol. The third-order valence-electron chi connectivity index (χ3n) is 3.20. The lowest BCUT2D eigenvalue weighted by Gasteiger charge is -2.12. The van der Waals surface area contributed by atoms with E-state index in [1.54, 1.807) is 0 Å². The van der Waals surface area contributed by atoms with Gasteiger partial charge in [0.15, 0.2) is 0 Å². The number of hydrogen-bond acceptors (Lipinski definition) is 2. The van der Waals surface area contributed by atoms with E-state index in [0.717, 1.165) is 13.0 Å². The van der Waals surface area contributed by atoms with Crippen LogP contribution in [0.1, 0.15) is 18.4 Å². The van der Waals surface area contributed by atoms with E-state index < -0.39 is 29.2 Å². The zero-order valence-corrected chi connectivity index (χ0v) is 10.6. The Morgan fingerprint density at radius 1 is 1.40 bits per heavy atom. The SMILES string of the molecule is O=C(CC1CCNC1)Nc1cc(C(F)(F)F)ccc1F. The smallest absolute Gasteiger partial charge is 0.324 e. The van der Waals surface area contributed by atoms with E-state index >= 15 is 0 Å². The molecule has 2 rings (SSSR count). The molecule has 1 atom stereocenters. The summed E-state index contributed by atoms with van der Waals surface area (Å²) in [7, 11) is 0. The summed E-state index contributed by atoms with van der Waals surface area (Å²) >= 11 is 0. The molecule has 0 aliphatic carbocycles. The Balaban J connectivity index is 2.06. The van der Waals surface area contributed by atoms with Crippen LogP contribution >= 0.6 is 0 Å². The third-order valence-corrected chi connectivity index (χ3v) is 3.20. The van der Waals surface area contributed by atoms with Crippen molar-refractivity contribution < 1.29 is 22.4 Å². The Bertz CT molecular complexity index is 496. The molecule has 7 heteroatoms. The molecular formula is C13H14F4N2O. The highest BCUT2D eigenvalue weighted by Gasteiger charge is 2.31. The quantitative estimate of drug-likeness (QED) is 0.840. The first-order valence-electron chi connectivity index (χ1n) is 6.23. The van der Waals surface area contributed by atoms with Gasteiger partial charge in [-0.1, -0.05) is 0 Å². The predicted octanol–water partition coefficient (Wildman–Crippen LogP) is 2.78. The Morgan fingerprint density at radius 3 is 2.75 bits per heavy atom. The zero-order chi connectivity index (χ0) is 14.8. The van der Waals surface area contributed by atoms with Gasteiger partial charge in [0.25, 0.3) is 0 Å². The average molecular weight is 290 g/mol. The van der Waals surface area contributed by atoms with E-state index in [1.165, 1.54) is 0 Å². The van der Waals surface area contributed by atoms with Crippen LogP contribution in [-0.2, 0) is 11.0 Å². The highest BCUT2D eigenvalue weighted by molar-refractivity contribution is 5.91. The van der Waals surface area contributed by atoms with Crippen molar-refractivity contribution in [1.29, 1.82) is 0 Å². The normalized spacial score (nSPS) is 19.1. The average Bonchev–Trinajstić information content (AvgIpc) is 2.83. The van der Waals surface area contributed by atoms with Crippen LogP contribution in [0.4, 0.5) is 23.2 Å². The van der Waals surface area contributed by atoms with E-state index in [4.69, 9.17) is 0 Å². The molecule has 1 saturated heterocycles. The number of alkyl halides is 3. The van der Waals surface area contributed by atoms with Gasteiger partial charge in [0, 0.05) is 6.42 Å². The van der Waals surface area contributed by atoms with Crippen molar-refractivity contribution >= 4 is 11.6 Å². The van der Waals surface area contributed by atoms with Crippen molar-refractivity contribution in [2.24, 2.45) is 5.92 Å². The minimum atomic E-state index is -4.57. The molecule has 1 aliphatic rings. The summed E-state index contributed by atoms with van der Waals surface area (Å²) in [5, 5.41) is 5.29. The largest absolute Gasteiger partial charge is 0.416 e. The van der Waals surface area contributed by atoms with Gasteiger partial charge in [0.1, 0.15) is 5.82 Å². The Kier molecular flexibility index (Phi) is 4.27. The van der Waals surface area contributed by atoms with Gasteiger partial charge >= 0.3 is 6.18 Å². The number of carbonyl (C=O) groups excluding carboxylic acids is 1. The molecule has 0 bridgehead atoms. The second kappa shape index (κ2) is 5.78. The van der Waals surface area contributed by atoms with Crippen molar-refractivity contribution in [1.82, 2.24) is 5.32 Å². The maximum absolute atomic E-state index is 13.4. The van der Waals surface area contributed by atoms with Crippen LogP contribution in [-0.4, -0.2) is 19.0 Å². The minimum absolute atomic E-state index is 0.142. The highest BCUT2D eigenvalue weighted by Crippen LogP contribution is 2.31. The number of amides is 1. The fraction of sp³-hybridized carbons (Fsp3) is 0.462. The molecule has 0 saturated carbocycles.